The second kappa shape index (κ2) is 6.92. The summed E-state index contributed by atoms with van der Waals surface area (Å²) in [5.74, 6) is 0.866. The highest BCUT2D eigenvalue weighted by molar-refractivity contribution is 5.95. The molecule has 2 aromatic heterocycles. The van der Waals surface area contributed by atoms with Gasteiger partial charge >= 0.3 is 6.18 Å². The largest absolute Gasteiger partial charge is 0.433 e. The average molecular weight is 388 g/mol. The van der Waals surface area contributed by atoms with Gasteiger partial charge in [-0.15, -0.1) is 0 Å². The number of hydrogen-bond donors (Lipinski definition) is 1. The van der Waals surface area contributed by atoms with Crippen LogP contribution in [0.1, 0.15) is 46.3 Å². The zero-order valence-electron chi connectivity index (χ0n) is 15.3. The lowest BCUT2D eigenvalue weighted by molar-refractivity contribution is -0.141. The number of alkyl halides is 3. The summed E-state index contributed by atoms with van der Waals surface area (Å²) in [6.07, 6.45) is -3.02. The van der Waals surface area contributed by atoms with Crippen LogP contribution in [0.4, 0.5) is 13.2 Å². The van der Waals surface area contributed by atoms with E-state index >= 15 is 0 Å². The van der Waals surface area contributed by atoms with Crippen LogP contribution in [0.3, 0.4) is 0 Å². The number of aryl methyl sites for hydroxylation is 1. The van der Waals surface area contributed by atoms with Gasteiger partial charge in [-0.2, -0.15) is 13.2 Å². The summed E-state index contributed by atoms with van der Waals surface area (Å²) in [5, 5.41) is 0. The number of carbonyl (C=O) groups is 1. The van der Waals surface area contributed by atoms with Crippen molar-refractivity contribution >= 4 is 16.9 Å². The Morgan fingerprint density at radius 1 is 1.11 bits per heavy atom. The highest BCUT2D eigenvalue weighted by Gasteiger charge is 2.34. The SMILES string of the molecule is Cc1nc(C(F)(F)F)ccc1C(=O)N1CCC(c2nc3ccccc3[nH]2)CC1. The molecule has 1 N–H and O–H groups in total. The van der Waals surface area contributed by atoms with Gasteiger partial charge in [-0.1, -0.05) is 12.1 Å². The van der Waals surface area contributed by atoms with E-state index in [1.807, 2.05) is 24.3 Å². The van der Waals surface area contributed by atoms with Crippen molar-refractivity contribution in [3.63, 3.8) is 0 Å². The Bertz CT molecular complexity index is 987. The second-order valence-corrected chi connectivity index (χ2v) is 7.03. The Morgan fingerprint density at radius 2 is 1.82 bits per heavy atom. The molecular weight excluding hydrogens is 369 g/mol. The number of para-hydroxylation sites is 2. The van der Waals surface area contributed by atoms with E-state index in [9.17, 15) is 18.0 Å². The monoisotopic (exact) mass is 388 g/mol. The van der Waals surface area contributed by atoms with Gasteiger partial charge in [-0.25, -0.2) is 9.97 Å². The Kier molecular flexibility index (Phi) is 4.56. The number of halogens is 3. The minimum absolute atomic E-state index is 0.0965. The molecule has 5 nitrogen and oxygen atoms in total. The number of imidazole rings is 1. The molecular formula is C20H19F3N4O. The van der Waals surface area contributed by atoms with Crippen molar-refractivity contribution < 1.29 is 18.0 Å². The summed E-state index contributed by atoms with van der Waals surface area (Å²) in [6, 6.07) is 9.90. The average Bonchev–Trinajstić information content (AvgIpc) is 3.11. The predicted molar refractivity (Wildman–Crippen MR) is 97.9 cm³/mol. The number of carbonyl (C=O) groups excluding carboxylic acids is 1. The molecule has 1 aliphatic rings. The van der Waals surface area contributed by atoms with E-state index in [-0.39, 0.29) is 23.1 Å². The molecule has 146 valence electrons. The molecule has 8 heteroatoms. The fraction of sp³-hybridized carbons (Fsp3) is 0.350. The van der Waals surface area contributed by atoms with Gasteiger partial charge in [0.25, 0.3) is 5.91 Å². The Labute approximate surface area is 159 Å². The first-order valence-corrected chi connectivity index (χ1v) is 9.11. The first kappa shape index (κ1) is 18.5. The van der Waals surface area contributed by atoms with Crippen molar-refractivity contribution in [2.45, 2.75) is 31.9 Å². The summed E-state index contributed by atoms with van der Waals surface area (Å²) in [5.41, 5.74) is 1.24. The van der Waals surface area contributed by atoms with Crippen LogP contribution < -0.4 is 0 Å². The van der Waals surface area contributed by atoms with Crippen LogP contribution in [0.2, 0.25) is 0 Å². The van der Waals surface area contributed by atoms with Crippen LogP contribution in [-0.2, 0) is 6.18 Å². The van der Waals surface area contributed by atoms with Gasteiger partial charge in [-0.3, -0.25) is 4.79 Å². The van der Waals surface area contributed by atoms with Gasteiger partial charge in [0.2, 0.25) is 0 Å². The number of amides is 1. The standard InChI is InChI=1S/C20H19F3N4O/c1-12-14(6-7-17(24-12)20(21,22)23)19(28)27-10-8-13(9-11-27)18-25-15-4-2-3-5-16(15)26-18/h2-7,13H,8-11H2,1H3,(H,25,26). The molecule has 0 unspecified atom stereocenters. The Morgan fingerprint density at radius 3 is 2.46 bits per heavy atom. The number of nitrogens with zero attached hydrogens (tertiary/aromatic N) is 3. The molecule has 1 saturated heterocycles. The summed E-state index contributed by atoms with van der Waals surface area (Å²) in [6.45, 7) is 2.49. The zero-order valence-corrected chi connectivity index (χ0v) is 15.3. The number of pyridine rings is 1. The number of nitrogens with one attached hydrogen (secondary N) is 1. The molecule has 1 fully saturated rings. The maximum absolute atomic E-state index is 12.8. The molecule has 4 rings (SSSR count). The highest BCUT2D eigenvalue weighted by Crippen LogP contribution is 2.30. The number of rotatable bonds is 2. The van der Waals surface area contributed by atoms with E-state index in [1.54, 1.807) is 4.90 Å². The molecule has 3 heterocycles. The maximum atomic E-state index is 12.8. The van der Waals surface area contributed by atoms with E-state index in [1.165, 1.54) is 13.0 Å². The molecule has 3 aromatic rings. The van der Waals surface area contributed by atoms with Crippen molar-refractivity contribution in [2.24, 2.45) is 0 Å². The minimum atomic E-state index is -4.52. The second-order valence-electron chi connectivity index (χ2n) is 7.03. The fourth-order valence-electron chi connectivity index (χ4n) is 3.64. The first-order valence-electron chi connectivity index (χ1n) is 9.11. The van der Waals surface area contributed by atoms with E-state index in [0.29, 0.717) is 13.1 Å². The number of likely N-dealkylation sites (tertiary alicyclic amines) is 1. The van der Waals surface area contributed by atoms with Gasteiger partial charge in [0, 0.05) is 19.0 Å². The first-order chi connectivity index (χ1) is 13.3. The lowest BCUT2D eigenvalue weighted by Crippen LogP contribution is -2.38. The third kappa shape index (κ3) is 3.46. The van der Waals surface area contributed by atoms with Crippen molar-refractivity contribution in [1.82, 2.24) is 19.9 Å². The Balaban J connectivity index is 1.45. The Hall–Kier alpha value is -2.90. The third-order valence-corrected chi connectivity index (χ3v) is 5.18. The van der Waals surface area contributed by atoms with E-state index in [0.717, 1.165) is 35.8 Å². The van der Waals surface area contributed by atoms with Gasteiger partial charge in [-0.05, 0) is 44.0 Å². The van der Waals surface area contributed by atoms with Gasteiger partial charge in [0.1, 0.15) is 11.5 Å². The summed E-state index contributed by atoms with van der Waals surface area (Å²) in [7, 11) is 0. The van der Waals surface area contributed by atoms with Crippen LogP contribution in [0, 0.1) is 6.92 Å². The smallest absolute Gasteiger partial charge is 0.342 e. The lowest BCUT2D eigenvalue weighted by atomic mass is 9.95. The number of fused-ring (bicyclic) bond motifs is 1. The van der Waals surface area contributed by atoms with Crippen LogP contribution >= 0.6 is 0 Å². The molecule has 1 aromatic carbocycles. The molecule has 0 atom stereocenters. The highest BCUT2D eigenvalue weighted by atomic mass is 19.4. The summed E-state index contributed by atoms with van der Waals surface area (Å²) >= 11 is 0. The molecule has 1 amide bonds. The maximum Gasteiger partial charge on any atom is 0.433 e. The van der Waals surface area contributed by atoms with Crippen LogP contribution in [-0.4, -0.2) is 38.8 Å². The van der Waals surface area contributed by atoms with Crippen LogP contribution in [0.15, 0.2) is 36.4 Å². The lowest BCUT2D eigenvalue weighted by Gasteiger charge is -2.31. The van der Waals surface area contributed by atoms with Gasteiger partial charge < -0.3 is 9.88 Å². The fourth-order valence-corrected chi connectivity index (χ4v) is 3.64. The topological polar surface area (TPSA) is 61.9 Å². The number of piperidine rings is 1. The number of H-pyrrole nitrogens is 1. The normalized spacial score (nSPS) is 15.9. The van der Waals surface area contributed by atoms with E-state index in [2.05, 4.69) is 15.0 Å². The van der Waals surface area contributed by atoms with Crippen LogP contribution in [0.25, 0.3) is 11.0 Å². The minimum Gasteiger partial charge on any atom is -0.342 e. The van der Waals surface area contributed by atoms with E-state index < -0.39 is 11.9 Å². The van der Waals surface area contributed by atoms with Crippen molar-refractivity contribution in [3.8, 4) is 0 Å². The zero-order chi connectivity index (χ0) is 19.9. The third-order valence-electron chi connectivity index (χ3n) is 5.18. The molecule has 0 saturated carbocycles. The quantitative estimate of drug-likeness (QED) is 0.712. The van der Waals surface area contributed by atoms with Crippen molar-refractivity contribution in [3.05, 3.63) is 59.2 Å². The summed E-state index contributed by atoms with van der Waals surface area (Å²) in [4.78, 5) is 26.0. The summed E-state index contributed by atoms with van der Waals surface area (Å²) < 4.78 is 38.3. The predicted octanol–water partition coefficient (Wildman–Crippen LogP) is 4.30. The molecule has 0 aliphatic carbocycles. The molecule has 0 radical (unpaired) electrons. The molecule has 0 spiro atoms. The number of aromatic nitrogens is 3. The van der Waals surface area contributed by atoms with Crippen molar-refractivity contribution in [1.29, 1.82) is 0 Å². The molecule has 1 aliphatic heterocycles. The van der Waals surface area contributed by atoms with E-state index in [4.69, 9.17) is 0 Å². The van der Waals surface area contributed by atoms with Crippen molar-refractivity contribution in [2.75, 3.05) is 13.1 Å². The molecule has 28 heavy (non-hydrogen) atoms. The van der Waals surface area contributed by atoms with Crippen LogP contribution in [0.5, 0.6) is 0 Å². The number of benzene rings is 1. The molecule has 0 bridgehead atoms. The van der Waals surface area contributed by atoms with Gasteiger partial charge in [0.05, 0.1) is 22.3 Å². The number of hydrogen-bond acceptors (Lipinski definition) is 3. The number of aromatic amines is 1. The van der Waals surface area contributed by atoms with Gasteiger partial charge in [0.15, 0.2) is 0 Å².